The number of aromatic nitrogens is 2. The Balaban J connectivity index is 1.89. The number of nitrogens with zero attached hydrogens (tertiary/aromatic N) is 3. The van der Waals surface area contributed by atoms with E-state index >= 15 is 0 Å². The zero-order valence-corrected chi connectivity index (χ0v) is 14.4. The molecule has 1 aromatic heterocycles. The van der Waals surface area contributed by atoms with Crippen LogP contribution in [0.15, 0.2) is 60.7 Å². The lowest BCUT2D eigenvalue weighted by Crippen LogP contribution is -2.10. The van der Waals surface area contributed by atoms with E-state index in [4.69, 9.17) is 10.00 Å². The minimum atomic E-state index is 0.586. The number of hydrogen-bond acceptors (Lipinski definition) is 6. The van der Waals surface area contributed by atoms with Crippen molar-refractivity contribution >= 4 is 17.3 Å². The molecule has 1 heterocycles. The van der Waals surface area contributed by atoms with Crippen LogP contribution in [0.2, 0.25) is 0 Å². The van der Waals surface area contributed by atoms with Gasteiger partial charge in [0.05, 0.1) is 18.2 Å². The topological polar surface area (TPSA) is 82.9 Å². The molecule has 3 rings (SSSR count). The number of ether oxygens (including phenoxy) is 1. The summed E-state index contributed by atoms with van der Waals surface area (Å²) >= 11 is 0. The summed E-state index contributed by atoms with van der Waals surface area (Å²) in [5.74, 6) is 2.01. The summed E-state index contributed by atoms with van der Waals surface area (Å²) in [5.41, 5.74) is 2.40. The number of anilines is 3. The Bertz CT molecular complexity index is 888. The normalized spacial score (nSPS) is 10.2. The first-order chi connectivity index (χ1) is 12.8. The van der Waals surface area contributed by atoms with Crippen molar-refractivity contribution in [1.82, 2.24) is 9.97 Å². The maximum Gasteiger partial charge on any atom is 0.163 e. The van der Waals surface area contributed by atoms with Gasteiger partial charge in [-0.1, -0.05) is 30.3 Å². The highest BCUT2D eigenvalue weighted by molar-refractivity contribution is 5.65. The van der Waals surface area contributed by atoms with Gasteiger partial charge in [-0.3, -0.25) is 0 Å². The van der Waals surface area contributed by atoms with Crippen LogP contribution in [-0.2, 0) is 4.74 Å². The summed E-state index contributed by atoms with van der Waals surface area (Å²) in [5, 5.41) is 15.4. The third kappa shape index (κ3) is 4.56. The third-order valence-corrected chi connectivity index (χ3v) is 3.66. The van der Waals surface area contributed by atoms with Crippen LogP contribution in [0, 0.1) is 11.3 Å². The van der Waals surface area contributed by atoms with Crippen molar-refractivity contribution in [3.05, 3.63) is 66.2 Å². The molecule has 26 heavy (non-hydrogen) atoms. The highest BCUT2D eigenvalue weighted by Crippen LogP contribution is 2.22. The van der Waals surface area contributed by atoms with Crippen LogP contribution in [0.5, 0.6) is 0 Å². The Morgan fingerprint density at radius 3 is 2.42 bits per heavy atom. The molecule has 0 spiro atoms. The van der Waals surface area contributed by atoms with Crippen molar-refractivity contribution in [2.75, 3.05) is 30.9 Å². The average Bonchev–Trinajstić information content (AvgIpc) is 2.69. The van der Waals surface area contributed by atoms with Crippen LogP contribution in [0.3, 0.4) is 0 Å². The summed E-state index contributed by atoms with van der Waals surface area (Å²) in [4.78, 5) is 9.19. The lowest BCUT2D eigenvalue weighted by molar-refractivity contribution is 0.210. The predicted octanol–water partition coefficient (Wildman–Crippen LogP) is 3.82. The monoisotopic (exact) mass is 345 g/mol. The molecule has 0 aliphatic carbocycles. The number of methoxy groups -OCH3 is 1. The molecule has 0 unspecified atom stereocenters. The fraction of sp³-hybridized carbons (Fsp3) is 0.150. The Hall–Kier alpha value is -3.43. The van der Waals surface area contributed by atoms with Crippen LogP contribution in [-0.4, -0.2) is 30.2 Å². The maximum absolute atomic E-state index is 8.91. The van der Waals surface area contributed by atoms with Gasteiger partial charge in [-0.15, -0.1) is 0 Å². The molecule has 0 amide bonds. The molecule has 0 saturated heterocycles. The molecule has 0 saturated carbocycles. The Morgan fingerprint density at radius 1 is 1.00 bits per heavy atom. The summed E-state index contributed by atoms with van der Waals surface area (Å²) in [7, 11) is 1.66. The van der Waals surface area contributed by atoms with Crippen molar-refractivity contribution in [3.63, 3.8) is 0 Å². The van der Waals surface area contributed by atoms with Gasteiger partial charge in [0.15, 0.2) is 5.82 Å². The Labute approximate surface area is 152 Å². The summed E-state index contributed by atoms with van der Waals surface area (Å²) in [6.07, 6.45) is 0. The SMILES string of the molecule is COCCNc1cc(Nc2ccc(C#N)cc2)nc(-c2ccccc2)n1. The van der Waals surface area contributed by atoms with Crippen LogP contribution in [0.1, 0.15) is 5.56 Å². The molecule has 6 nitrogen and oxygen atoms in total. The van der Waals surface area contributed by atoms with E-state index in [1.165, 1.54) is 0 Å². The predicted molar refractivity (Wildman–Crippen MR) is 102 cm³/mol. The lowest BCUT2D eigenvalue weighted by Gasteiger charge is -2.11. The van der Waals surface area contributed by atoms with Crippen molar-refractivity contribution in [2.45, 2.75) is 0 Å². The second kappa shape index (κ2) is 8.60. The molecule has 2 N–H and O–H groups in total. The standard InChI is InChI=1S/C20H19N5O/c1-26-12-11-22-18-13-19(23-17-9-7-15(14-21)8-10-17)25-20(24-18)16-5-3-2-4-6-16/h2-10,13H,11-12H2,1H3,(H2,22,23,24,25). The second-order valence-electron chi connectivity index (χ2n) is 5.56. The largest absolute Gasteiger partial charge is 0.383 e. The number of rotatable bonds is 7. The minimum Gasteiger partial charge on any atom is -0.383 e. The highest BCUT2D eigenvalue weighted by Gasteiger charge is 2.07. The quantitative estimate of drug-likeness (QED) is 0.634. The van der Waals surface area contributed by atoms with E-state index in [0.717, 1.165) is 11.3 Å². The van der Waals surface area contributed by atoms with Gasteiger partial charge in [-0.25, -0.2) is 9.97 Å². The maximum atomic E-state index is 8.91. The van der Waals surface area contributed by atoms with E-state index in [-0.39, 0.29) is 0 Å². The number of nitriles is 1. The Kier molecular flexibility index (Phi) is 5.76. The van der Waals surface area contributed by atoms with Gasteiger partial charge < -0.3 is 15.4 Å². The van der Waals surface area contributed by atoms with E-state index in [1.807, 2.05) is 48.5 Å². The summed E-state index contributed by atoms with van der Waals surface area (Å²) < 4.78 is 5.08. The van der Waals surface area contributed by atoms with Crippen molar-refractivity contribution in [1.29, 1.82) is 5.26 Å². The second-order valence-corrected chi connectivity index (χ2v) is 5.56. The molecular formula is C20H19N5O. The summed E-state index contributed by atoms with van der Waals surface area (Å²) in [6.45, 7) is 1.24. The van der Waals surface area contributed by atoms with Gasteiger partial charge in [0.2, 0.25) is 0 Å². The van der Waals surface area contributed by atoms with Crippen LogP contribution < -0.4 is 10.6 Å². The van der Waals surface area contributed by atoms with E-state index in [1.54, 1.807) is 19.2 Å². The molecular weight excluding hydrogens is 326 g/mol. The molecule has 0 fully saturated rings. The smallest absolute Gasteiger partial charge is 0.163 e. The molecule has 6 heteroatoms. The lowest BCUT2D eigenvalue weighted by atomic mass is 10.2. The summed E-state index contributed by atoms with van der Waals surface area (Å²) in [6, 6.07) is 21.0. The number of benzene rings is 2. The van der Waals surface area contributed by atoms with E-state index in [0.29, 0.717) is 36.2 Å². The fourth-order valence-electron chi connectivity index (χ4n) is 2.38. The van der Waals surface area contributed by atoms with E-state index in [2.05, 4.69) is 26.7 Å². The van der Waals surface area contributed by atoms with Gasteiger partial charge in [-0.05, 0) is 24.3 Å². The first-order valence-corrected chi connectivity index (χ1v) is 8.23. The molecule has 0 aliphatic rings. The van der Waals surface area contributed by atoms with Crippen molar-refractivity contribution in [3.8, 4) is 17.5 Å². The zero-order valence-electron chi connectivity index (χ0n) is 14.4. The van der Waals surface area contributed by atoms with E-state index in [9.17, 15) is 0 Å². The number of hydrogen-bond donors (Lipinski definition) is 2. The van der Waals surface area contributed by atoms with Gasteiger partial charge in [0.1, 0.15) is 11.6 Å². The Morgan fingerprint density at radius 2 is 1.73 bits per heavy atom. The molecule has 130 valence electrons. The van der Waals surface area contributed by atoms with Crippen LogP contribution >= 0.6 is 0 Å². The molecule has 3 aromatic rings. The fourth-order valence-corrected chi connectivity index (χ4v) is 2.38. The number of nitrogens with one attached hydrogen (secondary N) is 2. The van der Waals surface area contributed by atoms with Gasteiger partial charge in [0.25, 0.3) is 0 Å². The minimum absolute atomic E-state index is 0.586. The first-order valence-electron chi connectivity index (χ1n) is 8.23. The molecule has 0 radical (unpaired) electrons. The van der Waals surface area contributed by atoms with Gasteiger partial charge in [-0.2, -0.15) is 5.26 Å². The average molecular weight is 345 g/mol. The molecule has 0 bridgehead atoms. The van der Waals surface area contributed by atoms with Crippen LogP contribution in [0.25, 0.3) is 11.4 Å². The first kappa shape index (κ1) is 17.4. The molecule has 0 aliphatic heterocycles. The highest BCUT2D eigenvalue weighted by atomic mass is 16.5. The van der Waals surface area contributed by atoms with Crippen molar-refractivity contribution < 1.29 is 4.74 Å². The zero-order chi connectivity index (χ0) is 18.2. The van der Waals surface area contributed by atoms with E-state index < -0.39 is 0 Å². The van der Waals surface area contributed by atoms with Crippen LogP contribution in [0.4, 0.5) is 17.3 Å². The molecule has 2 aromatic carbocycles. The molecule has 0 atom stereocenters. The van der Waals surface area contributed by atoms with Gasteiger partial charge in [0, 0.05) is 31.0 Å². The third-order valence-electron chi connectivity index (χ3n) is 3.66. The van der Waals surface area contributed by atoms with Gasteiger partial charge >= 0.3 is 0 Å². The van der Waals surface area contributed by atoms with Crippen molar-refractivity contribution in [2.24, 2.45) is 0 Å².